The molecule has 18 heavy (non-hydrogen) atoms. The van der Waals surface area contributed by atoms with Gasteiger partial charge >= 0.3 is 0 Å². The maximum absolute atomic E-state index is 5.67. The van der Waals surface area contributed by atoms with Crippen molar-refractivity contribution in [2.24, 2.45) is 5.41 Å². The zero-order valence-corrected chi connectivity index (χ0v) is 11.5. The largest absolute Gasteiger partial charge is 0.374 e. The maximum Gasteiger partial charge on any atom is 0.132 e. The van der Waals surface area contributed by atoms with Crippen LogP contribution in [0.25, 0.3) is 0 Å². The molecular formula is C15H22N2O. The van der Waals surface area contributed by atoms with E-state index >= 15 is 0 Å². The molecule has 98 valence electrons. The molecule has 0 aliphatic carbocycles. The van der Waals surface area contributed by atoms with Crippen LogP contribution < -0.4 is 4.90 Å². The highest BCUT2D eigenvalue weighted by Gasteiger charge is 2.40. The maximum atomic E-state index is 5.67. The Bertz CT molecular complexity index is 438. The molecule has 0 aromatic carbocycles. The third-order valence-electron chi connectivity index (χ3n) is 3.76. The molecule has 3 heterocycles. The molecule has 0 saturated carbocycles. The fourth-order valence-corrected chi connectivity index (χ4v) is 3.06. The van der Waals surface area contributed by atoms with Crippen LogP contribution in [-0.4, -0.2) is 30.3 Å². The number of morpholine rings is 1. The van der Waals surface area contributed by atoms with Crippen LogP contribution in [-0.2, 0) is 11.2 Å². The fourth-order valence-electron chi connectivity index (χ4n) is 3.06. The lowest BCUT2D eigenvalue weighted by atomic mass is 9.88. The average Bonchev–Trinajstić information content (AvgIpc) is 2.89. The van der Waals surface area contributed by atoms with Crippen molar-refractivity contribution in [2.75, 3.05) is 18.1 Å². The lowest BCUT2D eigenvalue weighted by Gasteiger charge is -2.31. The minimum Gasteiger partial charge on any atom is -0.374 e. The van der Waals surface area contributed by atoms with E-state index in [1.165, 1.54) is 17.8 Å². The zero-order valence-electron chi connectivity index (χ0n) is 11.5. The van der Waals surface area contributed by atoms with E-state index in [-0.39, 0.29) is 0 Å². The second kappa shape index (κ2) is 4.23. The highest BCUT2D eigenvalue weighted by molar-refractivity contribution is 5.50. The van der Waals surface area contributed by atoms with Crippen LogP contribution in [0.3, 0.4) is 0 Å². The summed E-state index contributed by atoms with van der Waals surface area (Å²) < 4.78 is 5.67. The molecule has 2 bridgehead atoms. The van der Waals surface area contributed by atoms with Crippen molar-refractivity contribution in [2.45, 2.75) is 45.8 Å². The van der Waals surface area contributed by atoms with Crippen molar-refractivity contribution < 1.29 is 4.74 Å². The molecule has 3 rings (SSSR count). The van der Waals surface area contributed by atoms with E-state index in [9.17, 15) is 0 Å². The van der Waals surface area contributed by atoms with Gasteiger partial charge in [0.25, 0.3) is 0 Å². The summed E-state index contributed by atoms with van der Waals surface area (Å²) in [5, 5.41) is 0. The van der Waals surface area contributed by atoms with Crippen LogP contribution >= 0.6 is 0 Å². The Labute approximate surface area is 109 Å². The molecule has 2 atom stereocenters. The van der Waals surface area contributed by atoms with Crippen molar-refractivity contribution >= 4 is 5.82 Å². The van der Waals surface area contributed by atoms with Gasteiger partial charge in [0, 0.05) is 12.7 Å². The smallest absolute Gasteiger partial charge is 0.132 e. The van der Waals surface area contributed by atoms with Gasteiger partial charge in [-0.05, 0) is 29.9 Å². The molecule has 2 fully saturated rings. The van der Waals surface area contributed by atoms with Gasteiger partial charge < -0.3 is 9.64 Å². The number of hydrogen-bond acceptors (Lipinski definition) is 3. The molecule has 1 aromatic rings. The van der Waals surface area contributed by atoms with Crippen molar-refractivity contribution in [3.63, 3.8) is 0 Å². The molecule has 2 saturated heterocycles. The predicted molar refractivity (Wildman–Crippen MR) is 72.9 cm³/mol. The summed E-state index contributed by atoms with van der Waals surface area (Å²) in [6.07, 6.45) is 4.59. The summed E-state index contributed by atoms with van der Waals surface area (Å²) in [4.78, 5) is 7.09. The fraction of sp³-hybridized carbons (Fsp3) is 0.667. The summed E-state index contributed by atoms with van der Waals surface area (Å²) in [5.74, 6) is 1.18. The number of anilines is 1. The minimum absolute atomic E-state index is 0.299. The second-order valence-corrected chi connectivity index (χ2v) is 6.72. The molecule has 0 unspecified atom stereocenters. The van der Waals surface area contributed by atoms with Gasteiger partial charge in [-0.1, -0.05) is 26.8 Å². The van der Waals surface area contributed by atoms with Gasteiger partial charge in [-0.15, -0.1) is 0 Å². The zero-order chi connectivity index (χ0) is 12.8. The van der Waals surface area contributed by atoms with Gasteiger partial charge in [-0.25, -0.2) is 4.98 Å². The lowest BCUT2D eigenvalue weighted by molar-refractivity contribution is 0.0988. The molecule has 0 radical (unpaired) electrons. The number of nitrogens with zero attached hydrogens (tertiary/aromatic N) is 2. The first-order chi connectivity index (χ1) is 8.53. The highest BCUT2D eigenvalue weighted by atomic mass is 16.5. The Kier molecular flexibility index (Phi) is 2.81. The Morgan fingerprint density at radius 3 is 2.89 bits per heavy atom. The number of fused-ring (bicyclic) bond motifs is 2. The van der Waals surface area contributed by atoms with Crippen molar-refractivity contribution in [3.8, 4) is 0 Å². The van der Waals surface area contributed by atoms with Crippen LogP contribution in [0.5, 0.6) is 0 Å². The molecule has 0 amide bonds. The van der Waals surface area contributed by atoms with Gasteiger partial charge in [-0.3, -0.25) is 0 Å². The molecule has 0 spiro atoms. The Morgan fingerprint density at radius 1 is 1.44 bits per heavy atom. The SMILES string of the molecule is CC(C)(C)Cc1cccnc1N1C[C@@H]2C[C@H]1CO2. The Morgan fingerprint density at radius 2 is 2.28 bits per heavy atom. The van der Waals surface area contributed by atoms with Gasteiger partial charge in [0.15, 0.2) is 0 Å². The summed E-state index contributed by atoms with van der Waals surface area (Å²) in [6.45, 7) is 8.73. The third kappa shape index (κ3) is 2.24. The van der Waals surface area contributed by atoms with Crippen molar-refractivity contribution in [1.29, 1.82) is 0 Å². The highest BCUT2D eigenvalue weighted by Crippen LogP contribution is 2.34. The van der Waals surface area contributed by atoms with E-state index < -0.39 is 0 Å². The lowest BCUT2D eigenvalue weighted by Crippen LogP contribution is -2.38. The van der Waals surface area contributed by atoms with Crippen LogP contribution in [0.1, 0.15) is 32.8 Å². The molecule has 0 N–H and O–H groups in total. The van der Waals surface area contributed by atoms with Crippen LogP contribution in [0.4, 0.5) is 5.82 Å². The van der Waals surface area contributed by atoms with Gasteiger partial charge in [0.2, 0.25) is 0 Å². The molecule has 2 aliphatic rings. The number of ether oxygens (including phenoxy) is 1. The third-order valence-corrected chi connectivity index (χ3v) is 3.76. The standard InChI is InChI=1S/C15H22N2O/c1-15(2,3)8-11-5-4-6-16-14(11)17-9-13-7-12(17)10-18-13/h4-6,12-13H,7-10H2,1-3H3/t12-,13-/m0/s1. The number of hydrogen-bond donors (Lipinski definition) is 0. The molecule has 3 nitrogen and oxygen atoms in total. The minimum atomic E-state index is 0.299. The van der Waals surface area contributed by atoms with Crippen molar-refractivity contribution in [3.05, 3.63) is 23.9 Å². The monoisotopic (exact) mass is 246 g/mol. The normalized spacial score (nSPS) is 26.9. The van der Waals surface area contributed by atoms with Crippen LogP contribution in [0, 0.1) is 5.41 Å². The van der Waals surface area contributed by atoms with Gasteiger partial charge in [0.1, 0.15) is 5.82 Å². The first-order valence-corrected chi connectivity index (χ1v) is 6.85. The van der Waals surface area contributed by atoms with Gasteiger partial charge in [-0.2, -0.15) is 0 Å². The first kappa shape index (κ1) is 12.0. The van der Waals surface area contributed by atoms with Crippen LogP contribution in [0.15, 0.2) is 18.3 Å². The van der Waals surface area contributed by atoms with E-state index in [0.717, 1.165) is 19.6 Å². The van der Waals surface area contributed by atoms with E-state index in [2.05, 4.69) is 42.8 Å². The quantitative estimate of drug-likeness (QED) is 0.802. The predicted octanol–water partition coefficient (Wildman–Crippen LogP) is 2.65. The van der Waals surface area contributed by atoms with E-state index in [0.29, 0.717) is 17.6 Å². The number of rotatable bonds is 2. The Hall–Kier alpha value is -1.09. The summed E-state index contributed by atoms with van der Waals surface area (Å²) >= 11 is 0. The average molecular weight is 246 g/mol. The number of pyridine rings is 1. The molecule has 1 aromatic heterocycles. The van der Waals surface area contributed by atoms with E-state index in [1.807, 2.05) is 6.20 Å². The van der Waals surface area contributed by atoms with Gasteiger partial charge in [0.05, 0.1) is 18.8 Å². The molecular weight excluding hydrogens is 224 g/mol. The van der Waals surface area contributed by atoms with E-state index in [1.54, 1.807) is 0 Å². The molecule has 3 heteroatoms. The van der Waals surface area contributed by atoms with E-state index in [4.69, 9.17) is 4.74 Å². The summed E-state index contributed by atoms with van der Waals surface area (Å²) in [7, 11) is 0. The Balaban J connectivity index is 1.88. The number of aromatic nitrogens is 1. The summed E-state index contributed by atoms with van der Waals surface area (Å²) in [5.41, 5.74) is 1.67. The van der Waals surface area contributed by atoms with Crippen LogP contribution in [0.2, 0.25) is 0 Å². The molecule has 2 aliphatic heterocycles. The summed E-state index contributed by atoms with van der Waals surface area (Å²) in [6, 6.07) is 4.82. The van der Waals surface area contributed by atoms with Crippen molar-refractivity contribution in [1.82, 2.24) is 4.98 Å². The second-order valence-electron chi connectivity index (χ2n) is 6.72. The topological polar surface area (TPSA) is 25.4 Å². The first-order valence-electron chi connectivity index (χ1n) is 6.85.